The fraction of sp³-hybridized carbons (Fsp3) is 0.429. The Kier molecular flexibility index (Phi) is 7.75. The van der Waals surface area contributed by atoms with Gasteiger partial charge in [0.05, 0.1) is 18.4 Å². The number of hydrogen-bond donors (Lipinski definition) is 3. The molecule has 2 atom stereocenters. The molecule has 1 aromatic heterocycles. The molecule has 0 bridgehead atoms. The Labute approximate surface area is 251 Å². The maximum atomic E-state index is 14.1. The molecule has 1 spiro atoms. The van der Waals surface area contributed by atoms with Crippen molar-refractivity contribution < 1.29 is 36.6 Å². The van der Waals surface area contributed by atoms with E-state index in [-0.39, 0.29) is 49.0 Å². The van der Waals surface area contributed by atoms with Gasteiger partial charge in [0.1, 0.15) is 34.6 Å². The standard InChI is InChI=1S/C28H31F2N7O6S/c1-35-25(31-16-32-35)17-2-5-24-23(12-17)43-11-8-28(34-26(39)22-14-19(38)15-37(22)44(24,41)42)6-9-36(10-7-28)27(40)33-21-4-3-18(29)13-20(21)30/h2-5,12-13,16,19,22,38H,6-11,14-15H2,1H3,(H,33,40)(H,34,39)/t19-,22+/m1/s1. The fourth-order valence-corrected chi connectivity index (χ4v) is 7.76. The Morgan fingerprint density at radius 2 is 1.93 bits per heavy atom. The minimum Gasteiger partial charge on any atom is -0.492 e. The number of piperidine rings is 1. The van der Waals surface area contributed by atoms with Crippen molar-refractivity contribution in [3.63, 3.8) is 0 Å². The number of aliphatic hydroxyl groups excluding tert-OH is 1. The van der Waals surface area contributed by atoms with Crippen molar-refractivity contribution in [1.82, 2.24) is 29.3 Å². The normalized spacial score (nSPS) is 23.2. The number of aromatic nitrogens is 3. The summed E-state index contributed by atoms with van der Waals surface area (Å²) in [5, 5.41) is 20.0. The van der Waals surface area contributed by atoms with E-state index in [0.717, 1.165) is 16.4 Å². The van der Waals surface area contributed by atoms with E-state index < -0.39 is 51.3 Å². The number of carbonyl (C=O) groups excluding carboxylic acids is 2. The number of amides is 3. The number of aliphatic hydroxyl groups is 1. The number of rotatable bonds is 2. The van der Waals surface area contributed by atoms with Crippen LogP contribution in [0.2, 0.25) is 0 Å². The van der Waals surface area contributed by atoms with E-state index in [1.165, 1.54) is 17.3 Å². The predicted molar refractivity (Wildman–Crippen MR) is 152 cm³/mol. The number of carbonyl (C=O) groups is 2. The first-order valence-corrected chi connectivity index (χ1v) is 15.5. The lowest BCUT2D eigenvalue weighted by molar-refractivity contribution is -0.127. The number of likely N-dealkylation sites (tertiary alicyclic amines) is 1. The van der Waals surface area contributed by atoms with Crippen LogP contribution in [0.5, 0.6) is 5.75 Å². The molecule has 16 heteroatoms. The molecule has 3 N–H and O–H groups in total. The predicted octanol–water partition coefficient (Wildman–Crippen LogP) is 1.85. The first-order chi connectivity index (χ1) is 21.0. The van der Waals surface area contributed by atoms with E-state index in [4.69, 9.17) is 4.74 Å². The molecule has 0 saturated carbocycles. The number of urea groups is 1. The third kappa shape index (κ3) is 5.59. The number of halogens is 2. The van der Waals surface area contributed by atoms with Crippen LogP contribution in [-0.2, 0) is 21.9 Å². The highest BCUT2D eigenvalue weighted by Gasteiger charge is 2.47. The highest BCUT2D eigenvalue weighted by molar-refractivity contribution is 7.89. The van der Waals surface area contributed by atoms with E-state index in [2.05, 4.69) is 20.7 Å². The van der Waals surface area contributed by atoms with Crippen LogP contribution in [0.3, 0.4) is 0 Å². The molecule has 3 aromatic rings. The molecule has 0 unspecified atom stereocenters. The quantitative estimate of drug-likeness (QED) is 0.387. The zero-order valence-corrected chi connectivity index (χ0v) is 24.6. The largest absolute Gasteiger partial charge is 0.492 e. The Morgan fingerprint density at radius 3 is 2.64 bits per heavy atom. The summed E-state index contributed by atoms with van der Waals surface area (Å²) in [6.07, 6.45) is 1.16. The Balaban J connectivity index is 1.27. The summed E-state index contributed by atoms with van der Waals surface area (Å²) in [4.78, 5) is 32.1. The number of sulfonamides is 1. The second kappa shape index (κ2) is 11.4. The minimum absolute atomic E-state index is 0.0470. The van der Waals surface area contributed by atoms with Gasteiger partial charge in [-0.3, -0.25) is 4.79 Å². The number of aryl methyl sites for hydroxylation is 1. The van der Waals surface area contributed by atoms with Crippen molar-refractivity contribution in [3.05, 3.63) is 54.4 Å². The highest BCUT2D eigenvalue weighted by Crippen LogP contribution is 2.37. The van der Waals surface area contributed by atoms with Crippen LogP contribution in [0, 0.1) is 11.6 Å². The molecule has 44 heavy (non-hydrogen) atoms. The second-order valence-corrected chi connectivity index (χ2v) is 13.1. The van der Waals surface area contributed by atoms with Gasteiger partial charge in [0, 0.05) is 56.7 Å². The second-order valence-electron chi connectivity index (χ2n) is 11.3. The molecular formula is C28H31F2N7O6S. The van der Waals surface area contributed by atoms with Gasteiger partial charge in [-0.2, -0.15) is 9.40 Å². The number of hydrogen-bond acceptors (Lipinski definition) is 8. The summed E-state index contributed by atoms with van der Waals surface area (Å²) in [5.74, 6) is -1.64. The number of ether oxygens (including phenoxy) is 1. The molecule has 3 aliphatic heterocycles. The van der Waals surface area contributed by atoms with Crippen LogP contribution < -0.4 is 15.4 Å². The molecular weight excluding hydrogens is 600 g/mol. The van der Waals surface area contributed by atoms with Crippen molar-refractivity contribution >= 4 is 27.6 Å². The molecule has 3 aliphatic rings. The number of anilines is 1. The molecule has 0 radical (unpaired) electrons. The number of nitrogens with zero attached hydrogens (tertiary/aromatic N) is 5. The summed E-state index contributed by atoms with van der Waals surface area (Å²) in [6.45, 7) is 0.172. The van der Waals surface area contributed by atoms with Gasteiger partial charge >= 0.3 is 6.03 Å². The first-order valence-electron chi connectivity index (χ1n) is 14.1. The van der Waals surface area contributed by atoms with Crippen LogP contribution in [0.4, 0.5) is 19.3 Å². The van der Waals surface area contributed by atoms with Crippen LogP contribution in [0.1, 0.15) is 25.7 Å². The molecule has 2 aromatic carbocycles. The smallest absolute Gasteiger partial charge is 0.321 e. The van der Waals surface area contributed by atoms with E-state index in [1.807, 2.05) is 0 Å². The van der Waals surface area contributed by atoms with E-state index in [9.17, 15) is 31.9 Å². The van der Waals surface area contributed by atoms with Gasteiger partial charge < -0.3 is 25.4 Å². The lowest BCUT2D eigenvalue weighted by Gasteiger charge is -2.43. The van der Waals surface area contributed by atoms with Crippen LogP contribution >= 0.6 is 0 Å². The highest BCUT2D eigenvalue weighted by atomic mass is 32.2. The molecule has 6 rings (SSSR count). The van der Waals surface area contributed by atoms with Crippen LogP contribution in [0.25, 0.3) is 11.4 Å². The van der Waals surface area contributed by atoms with Crippen molar-refractivity contribution in [3.8, 4) is 17.1 Å². The lowest BCUT2D eigenvalue weighted by Crippen LogP contribution is -2.60. The maximum absolute atomic E-state index is 14.1. The Hall–Kier alpha value is -4.15. The topological polar surface area (TPSA) is 159 Å². The van der Waals surface area contributed by atoms with E-state index in [0.29, 0.717) is 36.7 Å². The Morgan fingerprint density at radius 1 is 1.16 bits per heavy atom. The van der Waals surface area contributed by atoms with Gasteiger partial charge in [0.2, 0.25) is 15.9 Å². The average molecular weight is 632 g/mol. The molecule has 2 saturated heterocycles. The molecule has 2 fully saturated rings. The molecule has 4 heterocycles. The average Bonchev–Trinajstić information content (AvgIpc) is 3.60. The summed E-state index contributed by atoms with van der Waals surface area (Å²) in [5.41, 5.74) is -0.439. The first kappa shape index (κ1) is 29.9. The summed E-state index contributed by atoms with van der Waals surface area (Å²) >= 11 is 0. The number of nitrogens with one attached hydrogen (secondary N) is 2. The third-order valence-electron chi connectivity index (χ3n) is 8.44. The van der Waals surface area contributed by atoms with Gasteiger partial charge in [-0.05, 0) is 43.2 Å². The van der Waals surface area contributed by atoms with Crippen molar-refractivity contribution in [1.29, 1.82) is 0 Å². The third-order valence-corrected chi connectivity index (χ3v) is 10.4. The Bertz CT molecular complexity index is 1710. The van der Waals surface area contributed by atoms with Gasteiger partial charge in [-0.1, -0.05) is 0 Å². The zero-order valence-electron chi connectivity index (χ0n) is 23.7. The minimum atomic E-state index is -4.27. The molecule has 13 nitrogen and oxygen atoms in total. The SMILES string of the molecule is Cn1ncnc1-c1ccc2c(c1)OCCC1(CCN(C(=O)Nc3ccc(F)cc3F)CC1)NC(=O)[C@@H]1C[C@@H](O)CN1S2(=O)=O. The monoisotopic (exact) mass is 631 g/mol. The molecule has 3 amide bonds. The van der Waals surface area contributed by atoms with Crippen LogP contribution in [0.15, 0.2) is 47.6 Å². The van der Waals surface area contributed by atoms with Crippen molar-refractivity contribution in [2.45, 2.75) is 48.3 Å². The van der Waals surface area contributed by atoms with Gasteiger partial charge in [0.15, 0.2) is 5.82 Å². The fourth-order valence-electron chi connectivity index (χ4n) is 6.01. The lowest BCUT2D eigenvalue weighted by atomic mass is 9.84. The van der Waals surface area contributed by atoms with Crippen molar-refractivity contribution in [2.75, 3.05) is 31.6 Å². The number of benzene rings is 2. The van der Waals surface area contributed by atoms with Gasteiger partial charge in [-0.25, -0.2) is 31.7 Å². The molecule has 234 valence electrons. The van der Waals surface area contributed by atoms with Crippen LogP contribution in [-0.4, -0.2) is 93.4 Å². The van der Waals surface area contributed by atoms with E-state index in [1.54, 1.807) is 23.9 Å². The summed E-state index contributed by atoms with van der Waals surface area (Å²) < 4.78 is 63.8. The van der Waals surface area contributed by atoms with Crippen molar-refractivity contribution in [2.24, 2.45) is 7.05 Å². The van der Waals surface area contributed by atoms with Gasteiger partial charge in [0.25, 0.3) is 0 Å². The zero-order chi connectivity index (χ0) is 31.2. The number of fused-ring (bicyclic) bond motifs is 2. The van der Waals surface area contributed by atoms with Gasteiger partial charge in [-0.15, -0.1) is 0 Å². The van der Waals surface area contributed by atoms with E-state index >= 15 is 0 Å². The molecule has 0 aliphatic carbocycles. The summed E-state index contributed by atoms with van der Waals surface area (Å²) in [6, 6.07) is 5.69. The summed E-state index contributed by atoms with van der Waals surface area (Å²) in [7, 11) is -2.56. The maximum Gasteiger partial charge on any atom is 0.321 e.